The van der Waals surface area contributed by atoms with Crippen molar-refractivity contribution in [2.45, 2.75) is 23.7 Å². The van der Waals surface area contributed by atoms with Gasteiger partial charge in [-0.05, 0) is 31.2 Å². The van der Waals surface area contributed by atoms with Crippen LogP contribution in [0.15, 0.2) is 29.2 Å². The molecule has 1 rings (SSSR count). The van der Waals surface area contributed by atoms with Gasteiger partial charge in [0.1, 0.15) is 0 Å². The second-order valence-corrected chi connectivity index (χ2v) is 6.36. The summed E-state index contributed by atoms with van der Waals surface area (Å²) in [6.07, 6.45) is -1.31. The number of esters is 1. The van der Waals surface area contributed by atoms with Gasteiger partial charge in [-0.3, -0.25) is 10.1 Å². The van der Waals surface area contributed by atoms with E-state index < -0.39 is 44.5 Å². The van der Waals surface area contributed by atoms with Crippen molar-refractivity contribution < 1.29 is 36.3 Å². The Hall–Kier alpha value is -2.56. The van der Waals surface area contributed by atoms with Gasteiger partial charge in [0, 0.05) is 7.05 Å². The number of nitrogens with one attached hydrogen (secondary N) is 2. The lowest BCUT2D eigenvalue weighted by atomic mass is 10.2. The number of ether oxygens (including phenoxy) is 1. The second kappa shape index (κ2) is 7.81. The first-order chi connectivity index (χ1) is 11.1. The van der Waals surface area contributed by atoms with E-state index in [1.54, 1.807) is 0 Å². The smallest absolute Gasteiger partial charge is 0.341 e. The predicted molar refractivity (Wildman–Crippen MR) is 77.1 cm³/mol. The topological polar surface area (TPSA) is 119 Å². The zero-order chi connectivity index (χ0) is 18.5. The summed E-state index contributed by atoms with van der Waals surface area (Å²) in [7, 11) is -3.48. The summed E-state index contributed by atoms with van der Waals surface area (Å²) in [5.41, 5.74) is -0.150. The zero-order valence-electron chi connectivity index (χ0n) is 12.6. The number of carbonyl (C=O) groups excluding carboxylic acids is 3. The average molecular weight is 364 g/mol. The molecule has 0 radical (unpaired) electrons. The van der Waals surface area contributed by atoms with Crippen LogP contribution in [0.3, 0.4) is 0 Å². The van der Waals surface area contributed by atoms with Gasteiger partial charge in [-0.25, -0.2) is 18.0 Å². The molecule has 0 saturated heterocycles. The number of sulfone groups is 1. The Balaban J connectivity index is 2.79. The van der Waals surface area contributed by atoms with Crippen LogP contribution in [0.2, 0.25) is 0 Å². The second-order valence-electron chi connectivity index (χ2n) is 4.45. The maximum Gasteiger partial charge on any atom is 0.341 e. The molecule has 1 atom stereocenters. The average Bonchev–Trinajstić information content (AvgIpc) is 2.54. The molecule has 24 heavy (non-hydrogen) atoms. The highest BCUT2D eigenvalue weighted by Gasteiger charge is 2.27. The first-order valence-corrected chi connectivity index (χ1v) is 8.00. The molecular weight excluding hydrogens is 350 g/mol. The molecule has 0 spiro atoms. The van der Waals surface area contributed by atoms with Gasteiger partial charge in [-0.2, -0.15) is 8.78 Å². The standard InChI is InChI=1S/C13H14F2N2O6S/c1-7(10(18)17-13(20)16-2)23-11(19)8-3-5-9(6-4-8)24(21,22)12(14)15/h3-7,12H,1-2H3,(H2,16,17,18,20). The number of amides is 3. The van der Waals surface area contributed by atoms with Crippen LogP contribution in [0.1, 0.15) is 17.3 Å². The van der Waals surface area contributed by atoms with E-state index in [1.165, 1.54) is 14.0 Å². The van der Waals surface area contributed by atoms with Crippen LogP contribution in [-0.2, 0) is 19.4 Å². The first-order valence-electron chi connectivity index (χ1n) is 6.45. The summed E-state index contributed by atoms with van der Waals surface area (Å²) >= 11 is 0. The Morgan fingerprint density at radius 2 is 1.67 bits per heavy atom. The largest absolute Gasteiger partial charge is 0.449 e. The summed E-state index contributed by atoms with van der Waals surface area (Å²) in [6, 6.07) is 2.81. The normalized spacial score (nSPS) is 12.4. The molecular formula is C13H14F2N2O6S. The zero-order valence-corrected chi connectivity index (χ0v) is 13.4. The monoisotopic (exact) mass is 364 g/mol. The number of hydrogen-bond donors (Lipinski definition) is 2. The van der Waals surface area contributed by atoms with E-state index in [4.69, 9.17) is 4.74 Å². The SMILES string of the molecule is CNC(=O)NC(=O)C(C)OC(=O)c1ccc(S(=O)(=O)C(F)F)cc1. The lowest BCUT2D eigenvalue weighted by molar-refractivity contribution is -0.127. The number of imide groups is 1. The maximum absolute atomic E-state index is 12.4. The van der Waals surface area contributed by atoms with Gasteiger partial charge >= 0.3 is 17.8 Å². The van der Waals surface area contributed by atoms with Crippen LogP contribution >= 0.6 is 0 Å². The lowest BCUT2D eigenvalue weighted by Gasteiger charge is -2.12. The van der Waals surface area contributed by atoms with E-state index in [-0.39, 0.29) is 5.56 Å². The van der Waals surface area contributed by atoms with E-state index in [2.05, 4.69) is 5.32 Å². The van der Waals surface area contributed by atoms with Gasteiger partial charge in [-0.15, -0.1) is 0 Å². The van der Waals surface area contributed by atoms with Crippen molar-refractivity contribution in [3.8, 4) is 0 Å². The molecule has 0 bridgehead atoms. The third kappa shape index (κ3) is 4.72. The number of hydrogen-bond acceptors (Lipinski definition) is 6. The highest BCUT2D eigenvalue weighted by molar-refractivity contribution is 7.91. The van der Waals surface area contributed by atoms with Crippen molar-refractivity contribution in [3.05, 3.63) is 29.8 Å². The number of benzene rings is 1. The van der Waals surface area contributed by atoms with Crippen LogP contribution in [0, 0.1) is 0 Å². The summed E-state index contributed by atoms with van der Waals surface area (Å²) < 4.78 is 52.1. The van der Waals surface area contributed by atoms with Crippen molar-refractivity contribution in [1.29, 1.82) is 0 Å². The van der Waals surface area contributed by atoms with Gasteiger partial charge in [0.2, 0.25) is 9.84 Å². The van der Waals surface area contributed by atoms with Crippen LogP contribution in [0.5, 0.6) is 0 Å². The van der Waals surface area contributed by atoms with Crippen molar-refractivity contribution in [3.63, 3.8) is 0 Å². The molecule has 0 aliphatic heterocycles. The number of rotatable bonds is 5. The number of halogens is 2. The molecule has 1 unspecified atom stereocenters. The molecule has 0 aromatic heterocycles. The Bertz CT molecular complexity index is 733. The molecule has 11 heteroatoms. The molecule has 1 aromatic rings. The molecule has 2 N–H and O–H groups in total. The van der Waals surface area contributed by atoms with E-state index in [0.717, 1.165) is 24.3 Å². The fourth-order valence-corrected chi connectivity index (χ4v) is 2.16. The Morgan fingerprint density at radius 3 is 2.12 bits per heavy atom. The molecule has 0 saturated carbocycles. The summed E-state index contributed by atoms with van der Waals surface area (Å²) in [5, 5.41) is 4.03. The number of alkyl halides is 2. The third-order valence-electron chi connectivity index (χ3n) is 2.77. The molecule has 1 aromatic carbocycles. The Morgan fingerprint density at radius 1 is 1.12 bits per heavy atom. The first kappa shape index (κ1) is 19.5. The van der Waals surface area contributed by atoms with E-state index in [9.17, 15) is 31.6 Å². The quantitative estimate of drug-likeness (QED) is 0.742. The van der Waals surface area contributed by atoms with E-state index in [0.29, 0.717) is 0 Å². The van der Waals surface area contributed by atoms with Crippen LogP contribution in [0.25, 0.3) is 0 Å². The molecule has 0 heterocycles. The third-order valence-corrected chi connectivity index (χ3v) is 4.17. The van der Waals surface area contributed by atoms with Crippen LogP contribution < -0.4 is 10.6 Å². The van der Waals surface area contributed by atoms with Crippen molar-refractivity contribution >= 4 is 27.7 Å². The fourth-order valence-electron chi connectivity index (χ4n) is 1.44. The van der Waals surface area contributed by atoms with E-state index in [1.807, 2.05) is 5.32 Å². The van der Waals surface area contributed by atoms with Gasteiger partial charge in [0.15, 0.2) is 6.10 Å². The maximum atomic E-state index is 12.4. The molecule has 3 amide bonds. The summed E-state index contributed by atoms with van der Waals surface area (Å²) in [6.45, 7) is 1.21. The fraction of sp³-hybridized carbons (Fsp3) is 0.308. The van der Waals surface area contributed by atoms with Gasteiger partial charge in [0.25, 0.3) is 5.91 Å². The highest BCUT2D eigenvalue weighted by atomic mass is 32.2. The minimum Gasteiger partial charge on any atom is -0.449 e. The molecule has 132 valence electrons. The molecule has 8 nitrogen and oxygen atoms in total. The minimum atomic E-state index is -4.77. The van der Waals surface area contributed by atoms with Crippen molar-refractivity contribution in [2.75, 3.05) is 7.05 Å². The molecule has 0 aliphatic carbocycles. The van der Waals surface area contributed by atoms with Crippen LogP contribution in [-0.4, -0.2) is 45.2 Å². The van der Waals surface area contributed by atoms with Crippen molar-refractivity contribution in [1.82, 2.24) is 10.6 Å². The number of carbonyl (C=O) groups is 3. The predicted octanol–water partition coefficient (Wildman–Crippen LogP) is 0.684. The summed E-state index contributed by atoms with van der Waals surface area (Å²) in [5.74, 6) is -5.45. The van der Waals surface area contributed by atoms with Gasteiger partial charge < -0.3 is 10.1 Å². The Labute approximate surface area is 136 Å². The molecule has 0 aliphatic rings. The minimum absolute atomic E-state index is 0.150. The Kier molecular flexibility index (Phi) is 6.35. The molecule has 0 fully saturated rings. The van der Waals surface area contributed by atoms with Crippen LogP contribution in [0.4, 0.5) is 13.6 Å². The lowest BCUT2D eigenvalue weighted by Crippen LogP contribution is -2.43. The highest BCUT2D eigenvalue weighted by Crippen LogP contribution is 2.19. The van der Waals surface area contributed by atoms with Gasteiger partial charge in [-0.1, -0.05) is 0 Å². The van der Waals surface area contributed by atoms with Crippen molar-refractivity contribution in [2.24, 2.45) is 0 Å². The van der Waals surface area contributed by atoms with Gasteiger partial charge in [0.05, 0.1) is 10.5 Å². The van der Waals surface area contributed by atoms with E-state index >= 15 is 0 Å². The summed E-state index contributed by atoms with van der Waals surface area (Å²) in [4.78, 5) is 33.7. The number of urea groups is 1.